The molecular formula is C14H16Cl2N4O. The van der Waals surface area contributed by atoms with Crippen molar-refractivity contribution in [2.45, 2.75) is 13.0 Å². The van der Waals surface area contributed by atoms with Gasteiger partial charge in [-0.05, 0) is 25.1 Å². The zero-order chi connectivity index (χ0) is 15.6. The molecule has 2 N–H and O–H groups in total. The highest BCUT2D eigenvalue weighted by Gasteiger charge is 2.18. The van der Waals surface area contributed by atoms with E-state index in [4.69, 9.17) is 28.9 Å². The number of nitrogens with zero attached hydrogens (tertiary/aromatic N) is 3. The Hall–Kier alpha value is -1.56. The molecule has 7 heteroatoms. The predicted octanol–water partition coefficient (Wildman–Crippen LogP) is 2.60. The van der Waals surface area contributed by atoms with Crippen LogP contribution in [0.5, 0.6) is 0 Å². The maximum atomic E-state index is 12.3. The third kappa shape index (κ3) is 3.37. The largest absolute Gasteiger partial charge is 0.338 e. The van der Waals surface area contributed by atoms with Crippen LogP contribution >= 0.6 is 23.2 Å². The molecule has 1 aromatic heterocycles. The molecule has 0 fully saturated rings. The number of nitrogens with two attached hydrogens (primary N) is 1. The van der Waals surface area contributed by atoms with E-state index in [-0.39, 0.29) is 11.9 Å². The van der Waals surface area contributed by atoms with E-state index in [9.17, 15) is 4.79 Å². The van der Waals surface area contributed by atoms with Crippen LogP contribution < -0.4 is 5.73 Å². The van der Waals surface area contributed by atoms with Gasteiger partial charge in [-0.15, -0.1) is 0 Å². The second-order valence-corrected chi connectivity index (χ2v) is 5.61. The first-order valence-electron chi connectivity index (χ1n) is 6.41. The summed E-state index contributed by atoms with van der Waals surface area (Å²) in [5, 5.41) is 5.19. The smallest absolute Gasteiger partial charge is 0.257 e. The van der Waals surface area contributed by atoms with Crippen molar-refractivity contribution < 1.29 is 4.79 Å². The maximum Gasteiger partial charge on any atom is 0.257 e. The van der Waals surface area contributed by atoms with Crippen LogP contribution in [0.3, 0.4) is 0 Å². The Kier molecular flexibility index (Phi) is 4.88. The van der Waals surface area contributed by atoms with Gasteiger partial charge in [-0.1, -0.05) is 23.2 Å². The fourth-order valence-electron chi connectivity index (χ4n) is 1.79. The van der Waals surface area contributed by atoms with Crippen LogP contribution in [0.1, 0.15) is 17.3 Å². The molecule has 21 heavy (non-hydrogen) atoms. The molecule has 2 rings (SSSR count). The van der Waals surface area contributed by atoms with Crippen molar-refractivity contribution in [3.63, 3.8) is 0 Å². The van der Waals surface area contributed by atoms with Gasteiger partial charge >= 0.3 is 0 Å². The van der Waals surface area contributed by atoms with Crippen LogP contribution in [-0.2, 0) is 0 Å². The SMILES string of the molecule is CC(CN)N(C)C(=O)c1cnn(-c2ccc(Cl)cc2Cl)c1. The molecular weight excluding hydrogens is 311 g/mol. The first-order valence-corrected chi connectivity index (χ1v) is 7.17. The number of hydrogen-bond donors (Lipinski definition) is 1. The van der Waals surface area contributed by atoms with Crippen LogP contribution in [-0.4, -0.2) is 40.2 Å². The van der Waals surface area contributed by atoms with Crippen LogP contribution in [0.4, 0.5) is 0 Å². The highest BCUT2D eigenvalue weighted by atomic mass is 35.5. The van der Waals surface area contributed by atoms with E-state index in [1.807, 2.05) is 6.92 Å². The summed E-state index contributed by atoms with van der Waals surface area (Å²) in [6.07, 6.45) is 3.14. The van der Waals surface area contributed by atoms with Crippen LogP contribution in [0, 0.1) is 0 Å². The van der Waals surface area contributed by atoms with E-state index in [1.54, 1.807) is 41.0 Å². The second kappa shape index (κ2) is 6.47. The monoisotopic (exact) mass is 326 g/mol. The summed E-state index contributed by atoms with van der Waals surface area (Å²) in [4.78, 5) is 13.9. The normalized spacial score (nSPS) is 12.2. The lowest BCUT2D eigenvalue weighted by Crippen LogP contribution is -2.39. The topological polar surface area (TPSA) is 64.2 Å². The minimum Gasteiger partial charge on any atom is -0.338 e. The third-order valence-corrected chi connectivity index (χ3v) is 3.85. The van der Waals surface area contributed by atoms with Gasteiger partial charge in [0.25, 0.3) is 5.91 Å². The summed E-state index contributed by atoms with van der Waals surface area (Å²) in [7, 11) is 1.71. The van der Waals surface area contributed by atoms with Crippen molar-refractivity contribution in [1.29, 1.82) is 0 Å². The standard InChI is InChI=1S/C14H16Cl2N4O/c1-9(6-17)19(2)14(21)10-7-18-20(8-10)13-4-3-11(15)5-12(13)16/h3-5,7-9H,6,17H2,1-2H3. The summed E-state index contributed by atoms with van der Waals surface area (Å²) >= 11 is 12.0. The van der Waals surface area contributed by atoms with Gasteiger partial charge in [0.15, 0.2) is 0 Å². The first-order chi connectivity index (χ1) is 9.93. The van der Waals surface area contributed by atoms with Crippen molar-refractivity contribution in [1.82, 2.24) is 14.7 Å². The molecule has 5 nitrogen and oxygen atoms in total. The lowest BCUT2D eigenvalue weighted by molar-refractivity contribution is 0.0748. The first kappa shape index (κ1) is 15.8. The Labute approximate surface area is 133 Å². The fourth-order valence-corrected chi connectivity index (χ4v) is 2.29. The Morgan fingerprint density at radius 2 is 2.19 bits per heavy atom. The predicted molar refractivity (Wildman–Crippen MR) is 84.2 cm³/mol. The van der Waals surface area contributed by atoms with E-state index >= 15 is 0 Å². The number of likely N-dealkylation sites (N-methyl/N-ethyl adjacent to an activating group) is 1. The molecule has 0 aliphatic carbocycles. The van der Waals surface area contributed by atoms with Gasteiger partial charge in [-0.3, -0.25) is 4.79 Å². The van der Waals surface area contributed by atoms with E-state index in [0.29, 0.717) is 27.8 Å². The van der Waals surface area contributed by atoms with Gasteiger partial charge in [0, 0.05) is 30.9 Å². The average molecular weight is 327 g/mol. The molecule has 0 aliphatic rings. The third-order valence-electron chi connectivity index (χ3n) is 3.31. The Balaban J connectivity index is 2.27. The van der Waals surface area contributed by atoms with Crippen molar-refractivity contribution in [2.75, 3.05) is 13.6 Å². The number of carbonyl (C=O) groups is 1. The number of amides is 1. The summed E-state index contributed by atoms with van der Waals surface area (Å²) in [5.41, 5.74) is 6.71. The van der Waals surface area contributed by atoms with Crippen molar-refractivity contribution in [3.8, 4) is 5.69 Å². The van der Waals surface area contributed by atoms with Gasteiger partial charge in [0.1, 0.15) is 0 Å². The Morgan fingerprint density at radius 1 is 1.48 bits per heavy atom. The molecule has 0 saturated carbocycles. The summed E-state index contributed by atoms with van der Waals surface area (Å²) in [6, 6.07) is 5.05. The molecule has 0 saturated heterocycles. The fraction of sp³-hybridized carbons (Fsp3) is 0.286. The molecule has 0 radical (unpaired) electrons. The lowest BCUT2D eigenvalue weighted by Gasteiger charge is -2.22. The average Bonchev–Trinajstić information content (AvgIpc) is 2.94. The quantitative estimate of drug-likeness (QED) is 0.939. The van der Waals surface area contributed by atoms with Crippen LogP contribution in [0.15, 0.2) is 30.6 Å². The number of carbonyl (C=O) groups excluding carboxylic acids is 1. The molecule has 0 spiro atoms. The highest BCUT2D eigenvalue weighted by molar-refractivity contribution is 6.35. The molecule has 1 heterocycles. The van der Waals surface area contributed by atoms with Crippen LogP contribution in [0.25, 0.3) is 5.69 Å². The zero-order valence-corrected chi connectivity index (χ0v) is 13.3. The zero-order valence-electron chi connectivity index (χ0n) is 11.8. The highest BCUT2D eigenvalue weighted by Crippen LogP contribution is 2.24. The number of benzene rings is 1. The second-order valence-electron chi connectivity index (χ2n) is 4.77. The summed E-state index contributed by atoms with van der Waals surface area (Å²) in [6.45, 7) is 2.29. The van der Waals surface area contributed by atoms with E-state index in [2.05, 4.69) is 5.10 Å². The van der Waals surface area contributed by atoms with E-state index < -0.39 is 0 Å². The van der Waals surface area contributed by atoms with Crippen molar-refractivity contribution >= 4 is 29.1 Å². The van der Waals surface area contributed by atoms with E-state index in [1.165, 1.54) is 6.20 Å². The molecule has 2 aromatic rings. The van der Waals surface area contributed by atoms with Gasteiger partial charge in [-0.25, -0.2) is 4.68 Å². The molecule has 1 aromatic carbocycles. The Bertz CT molecular complexity index is 656. The molecule has 0 aliphatic heterocycles. The van der Waals surface area contributed by atoms with Gasteiger partial charge in [0.2, 0.25) is 0 Å². The summed E-state index contributed by atoms with van der Waals surface area (Å²) in [5.74, 6) is -0.135. The number of hydrogen-bond acceptors (Lipinski definition) is 3. The van der Waals surface area contributed by atoms with Gasteiger partial charge in [-0.2, -0.15) is 5.10 Å². The molecule has 1 amide bonds. The maximum absolute atomic E-state index is 12.3. The summed E-state index contributed by atoms with van der Waals surface area (Å²) < 4.78 is 1.55. The lowest BCUT2D eigenvalue weighted by atomic mass is 10.2. The van der Waals surface area contributed by atoms with Gasteiger partial charge in [0.05, 0.1) is 22.5 Å². The van der Waals surface area contributed by atoms with E-state index in [0.717, 1.165) is 0 Å². The Morgan fingerprint density at radius 3 is 2.81 bits per heavy atom. The number of rotatable bonds is 4. The van der Waals surface area contributed by atoms with Crippen molar-refractivity contribution in [2.24, 2.45) is 5.73 Å². The molecule has 0 bridgehead atoms. The minimum atomic E-state index is -0.135. The van der Waals surface area contributed by atoms with Crippen molar-refractivity contribution in [3.05, 3.63) is 46.2 Å². The van der Waals surface area contributed by atoms with Crippen LogP contribution in [0.2, 0.25) is 10.0 Å². The number of aromatic nitrogens is 2. The minimum absolute atomic E-state index is 0.0417. The molecule has 1 atom stereocenters. The van der Waals surface area contributed by atoms with Gasteiger partial charge < -0.3 is 10.6 Å². The molecule has 1 unspecified atom stereocenters. The number of halogens is 2. The molecule has 112 valence electrons.